The molecule has 3 N–H and O–H groups in total. The highest BCUT2D eigenvalue weighted by Gasteiger charge is 2.04. The van der Waals surface area contributed by atoms with E-state index in [0.717, 1.165) is 0 Å². The van der Waals surface area contributed by atoms with Crippen LogP contribution in [0.2, 0.25) is 0 Å². The Kier molecular flexibility index (Phi) is 5.87. The molecule has 7 heteroatoms. The molecule has 6 nitrogen and oxygen atoms in total. The van der Waals surface area contributed by atoms with Crippen LogP contribution in [0, 0.1) is 0 Å². The van der Waals surface area contributed by atoms with Gasteiger partial charge in [0.25, 0.3) is 0 Å². The Morgan fingerprint density at radius 3 is 2.79 bits per heavy atom. The standard InChI is InChI=1S/C12H13BrN2O4/c1-8(13)6-14-12(18)15-9-3-2-4-10(5-9)19-7-11(16)17/h2-5H,1,6-7H2,(H,16,17)(H2,14,15,18). The van der Waals surface area contributed by atoms with Crippen LogP contribution >= 0.6 is 15.9 Å². The van der Waals surface area contributed by atoms with Crippen molar-refractivity contribution in [3.8, 4) is 5.75 Å². The summed E-state index contributed by atoms with van der Waals surface area (Å²) >= 11 is 3.12. The Morgan fingerprint density at radius 2 is 2.16 bits per heavy atom. The van der Waals surface area contributed by atoms with Crippen LogP contribution < -0.4 is 15.4 Å². The van der Waals surface area contributed by atoms with Crippen LogP contribution in [0.1, 0.15) is 0 Å². The molecule has 1 rings (SSSR count). The van der Waals surface area contributed by atoms with Crippen LogP contribution in [0.4, 0.5) is 10.5 Å². The van der Waals surface area contributed by atoms with Crippen LogP contribution in [0.15, 0.2) is 35.3 Å². The number of carboxylic acids is 1. The van der Waals surface area contributed by atoms with Crippen molar-refractivity contribution in [3.63, 3.8) is 0 Å². The first-order valence-corrected chi connectivity index (χ1v) is 6.09. The average molecular weight is 329 g/mol. The van der Waals surface area contributed by atoms with Gasteiger partial charge in [-0.3, -0.25) is 0 Å². The summed E-state index contributed by atoms with van der Waals surface area (Å²) < 4.78 is 5.65. The Bertz CT molecular complexity index is 490. The molecule has 0 radical (unpaired) electrons. The molecule has 1 aromatic carbocycles. The first-order chi connectivity index (χ1) is 8.97. The molecule has 0 saturated carbocycles. The second-order valence-electron chi connectivity index (χ2n) is 3.54. The van der Waals surface area contributed by atoms with E-state index in [2.05, 4.69) is 33.1 Å². The molecule has 0 heterocycles. The number of anilines is 1. The molecule has 0 aromatic heterocycles. The van der Waals surface area contributed by atoms with Gasteiger partial charge in [0.2, 0.25) is 0 Å². The maximum atomic E-state index is 11.5. The topological polar surface area (TPSA) is 87.7 Å². The van der Waals surface area contributed by atoms with Crippen molar-refractivity contribution < 1.29 is 19.4 Å². The van der Waals surface area contributed by atoms with E-state index in [1.807, 2.05) is 0 Å². The lowest BCUT2D eigenvalue weighted by Gasteiger charge is -2.08. The molecule has 19 heavy (non-hydrogen) atoms. The van der Waals surface area contributed by atoms with Crippen LogP contribution in [0.25, 0.3) is 0 Å². The number of carbonyl (C=O) groups excluding carboxylic acids is 1. The van der Waals surface area contributed by atoms with Gasteiger partial charge in [-0.05, 0) is 12.1 Å². The number of amides is 2. The Morgan fingerprint density at radius 1 is 1.42 bits per heavy atom. The van der Waals surface area contributed by atoms with Crippen LogP contribution in [-0.2, 0) is 4.79 Å². The zero-order valence-electron chi connectivity index (χ0n) is 9.98. The van der Waals surface area contributed by atoms with Crippen molar-refractivity contribution in [1.29, 1.82) is 0 Å². The van der Waals surface area contributed by atoms with Gasteiger partial charge in [-0.15, -0.1) is 0 Å². The lowest BCUT2D eigenvalue weighted by atomic mass is 10.3. The predicted molar refractivity (Wildman–Crippen MR) is 74.7 cm³/mol. The summed E-state index contributed by atoms with van der Waals surface area (Å²) in [7, 11) is 0. The van der Waals surface area contributed by atoms with Crippen molar-refractivity contribution in [2.45, 2.75) is 0 Å². The summed E-state index contributed by atoms with van der Waals surface area (Å²) in [5.74, 6) is -0.697. The molecular weight excluding hydrogens is 316 g/mol. The van der Waals surface area contributed by atoms with Crippen LogP contribution in [0.3, 0.4) is 0 Å². The fraction of sp³-hybridized carbons (Fsp3) is 0.167. The maximum Gasteiger partial charge on any atom is 0.341 e. The number of carbonyl (C=O) groups is 2. The minimum Gasteiger partial charge on any atom is -0.482 e. The highest BCUT2D eigenvalue weighted by Crippen LogP contribution is 2.17. The van der Waals surface area contributed by atoms with Gasteiger partial charge in [0.15, 0.2) is 6.61 Å². The van der Waals surface area contributed by atoms with E-state index in [0.29, 0.717) is 22.5 Å². The minimum atomic E-state index is -1.06. The number of halogens is 1. The number of nitrogens with one attached hydrogen (secondary N) is 2. The van der Waals surface area contributed by atoms with E-state index in [9.17, 15) is 9.59 Å². The van der Waals surface area contributed by atoms with E-state index in [4.69, 9.17) is 9.84 Å². The normalized spacial score (nSPS) is 9.53. The third kappa shape index (κ3) is 6.46. The molecule has 0 saturated heterocycles. The SMILES string of the molecule is C=C(Br)CNC(=O)Nc1cccc(OCC(=O)O)c1. The number of carboxylic acid groups (broad SMARTS) is 1. The summed E-state index contributed by atoms with van der Waals surface area (Å²) in [4.78, 5) is 21.8. The van der Waals surface area contributed by atoms with Gasteiger partial charge in [0.1, 0.15) is 5.75 Å². The number of aliphatic carboxylic acids is 1. The first kappa shape index (κ1) is 15.0. The van der Waals surface area contributed by atoms with Gasteiger partial charge < -0.3 is 20.5 Å². The summed E-state index contributed by atoms with van der Waals surface area (Å²) in [5, 5.41) is 13.6. The van der Waals surface area contributed by atoms with Crippen molar-refractivity contribution >= 4 is 33.6 Å². The number of ether oxygens (including phenoxy) is 1. The summed E-state index contributed by atoms with van der Waals surface area (Å²) in [6, 6.07) is 6.06. The molecule has 0 spiro atoms. The summed E-state index contributed by atoms with van der Waals surface area (Å²) in [6.45, 7) is 3.46. The van der Waals surface area contributed by atoms with Crippen LogP contribution in [0.5, 0.6) is 5.75 Å². The molecule has 2 amide bonds. The van der Waals surface area contributed by atoms with Gasteiger partial charge in [-0.1, -0.05) is 28.6 Å². The molecule has 0 aliphatic rings. The third-order valence-electron chi connectivity index (χ3n) is 1.89. The maximum absolute atomic E-state index is 11.5. The molecular formula is C12H13BrN2O4. The van der Waals surface area contributed by atoms with E-state index >= 15 is 0 Å². The van der Waals surface area contributed by atoms with E-state index in [-0.39, 0.29) is 0 Å². The molecule has 0 atom stereocenters. The van der Waals surface area contributed by atoms with Gasteiger partial charge >= 0.3 is 12.0 Å². The second-order valence-corrected chi connectivity index (χ2v) is 4.66. The largest absolute Gasteiger partial charge is 0.482 e. The third-order valence-corrected chi connectivity index (χ3v) is 2.18. The predicted octanol–water partition coefficient (Wildman–Crippen LogP) is 2.18. The number of rotatable bonds is 6. The Hall–Kier alpha value is -2.02. The summed E-state index contributed by atoms with van der Waals surface area (Å²) in [5.41, 5.74) is 0.501. The zero-order chi connectivity index (χ0) is 14.3. The van der Waals surface area contributed by atoms with Crippen LogP contribution in [-0.4, -0.2) is 30.3 Å². The Balaban J connectivity index is 2.54. The number of urea groups is 1. The molecule has 0 aliphatic carbocycles. The van der Waals surface area contributed by atoms with E-state index in [1.54, 1.807) is 18.2 Å². The van der Waals surface area contributed by atoms with E-state index < -0.39 is 18.6 Å². The summed E-state index contributed by atoms with van der Waals surface area (Å²) in [6.07, 6.45) is 0. The highest BCUT2D eigenvalue weighted by molar-refractivity contribution is 9.11. The molecule has 1 aromatic rings. The second kappa shape index (κ2) is 7.42. The Labute approximate surface area is 118 Å². The number of hydrogen-bond donors (Lipinski definition) is 3. The first-order valence-electron chi connectivity index (χ1n) is 5.30. The van der Waals surface area contributed by atoms with Gasteiger partial charge in [0.05, 0.1) is 6.54 Å². The van der Waals surface area contributed by atoms with Gasteiger partial charge in [-0.2, -0.15) is 0 Å². The van der Waals surface area contributed by atoms with Crippen molar-refractivity contribution in [1.82, 2.24) is 5.32 Å². The van der Waals surface area contributed by atoms with Crippen molar-refractivity contribution in [2.75, 3.05) is 18.5 Å². The fourth-order valence-electron chi connectivity index (χ4n) is 1.16. The quantitative estimate of drug-likeness (QED) is 0.746. The van der Waals surface area contributed by atoms with Crippen molar-refractivity contribution in [3.05, 3.63) is 35.3 Å². The lowest BCUT2D eigenvalue weighted by Crippen LogP contribution is -2.29. The van der Waals surface area contributed by atoms with Gasteiger partial charge in [-0.25, -0.2) is 9.59 Å². The zero-order valence-corrected chi connectivity index (χ0v) is 11.6. The molecule has 0 unspecified atom stereocenters. The van der Waals surface area contributed by atoms with E-state index in [1.165, 1.54) is 6.07 Å². The fourth-order valence-corrected chi connectivity index (χ4v) is 1.30. The number of hydrogen-bond acceptors (Lipinski definition) is 3. The highest BCUT2D eigenvalue weighted by atomic mass is 79.9. The number of benzene rings is 1. The van der Waals surface area contributed by atoms with Crippen molar-refractivity contribution in [2.24, 2.45) is 0 Å². The molecule has 0 fully saturated rings. The monoisotopic (exact) mass is 328 g/mol. The average Bonchev–Trinajstić information content (AvgIpc) is 2.34. The molecule has 102 valence electrons. The smallest absolute Gasteiger partial charge is 0.341 e. The van der Waals surface area contributed by atoms with Gasteiger partial charge in [0, 0.05) is 16.2 Å². The molecule has 0 aliphatic heterocycles. The lowest BCUT2D eigenvalue weighted by molar-refractivity contribution is -0.139. The minimum absolute atomic E-state index is 0.307. The molecule has 0 bridgehead atoms.